The fourth-order valence-electron chi connectivity index (χ4n) is 2.59. The van der Waals surface area contributed by atoms with E-state index < -0.39 is 0 Å². The molecule has 0 spiro atoms. The quantitative estimate of drug-likeness (QED) is 0.798. The Balaban J connectivity index is 1.75. The molecule has 24 heavy (non-hydrogen) atoms. The molecule has 1 heterocycles. The molecule has 5 heteroatoms. The lowest BCUT2D eigenvalue weighted by Crippen LogP contribution is -2.21. The van der Waals surface area contributed by atoms with Crippen molar-refractivity contribution in [3.8, 4) is 5.88 Å². The van der Waals surface area contributed by atoms with Crippen LogP contribution >= 0.6 is 0 Å². The molecule has 1 N–H and O–H groups in total. The van der Waals surface area contributed by atoms with E-state index in [2.05, 4.69) is 15.3 Å². The highest BCUT2D eigenvalue weighted by Gasteiger charge is 2.11. The number of nitrogens with zero attached hydrogens (tertiary/aromatic N) is 2. The summed E-state index contributed by atoms with van der Waals surface area (Å²) in [5.74, 6) is 0.821. The molecule has 0 atom stereocenters. The van der Waals surface area contributed by atoms with Crippen LogP contribution in [-0.2, 0) is 4.79 Å². The van der Waals surface area contributed by atoms with E-state index in [1.165, 1.54) is 0 Å². The second kappa shape index (κ2) is 6.66. The van der Waals surface area contributed by atoms with Crippen molar-refractivity contribution in [2.75, 3.05) is 11.9 Å². The van der Waals surface area contributed by atoms with E-state index in [-0.39, 0.29) is 12.5 Å². The summed E-state index contributed by atoms with van der Waals surface area (Å²) in [6.45, 7) is 5.62. The van der Waals surface area contributed by atoms with E-state index in [1.807, 2.05) is 56.3 Å². The zero-order valence-corrected chi connectivity index (χ0v) is 14.0. The summed E-state index contributed by atoms with van der Waals surface area (Å²) in [6, 6.07) is 13.5. The van der Waals surface area contributed by atoms with Crippen molar-refractivity contribution in [1.29, 1.82) is 0 Å². The van der Waals surface area contributed by atoms with Crippen LogP contribution in [0.25, 0.3) is 10.9 Å². The summed E-state index contributed by atoms with van der Waals surface area (Å²) in [4.78, 5) is 20.9. The van der Waals surface area contributed by atoms with Gasteiger partial charge in [-0.3, -0.25) is 4.79 Å². The van der Waals surface area contributed by atoms with Crippen LogP contribution in [0.1, 0.15) is 17.0 Å². The van der Waals surface area contributed by atoms with E-state index in [4.69, 9.17) is 4.74 Å². The Hall–Kier alpha value is -2.95. The van der Waals surface area contributed by atoms with Crippen LogP contribution in [0.15, 0.2) is 42.5 Å². The lowest BCUT2D eigenvalue weighted by molar-refractivity contribution is -0.118. The van der Waals surface area contributed by atoms with Gasteiger partial charge in [-0.1, -0.05) is 30.3 Å². The number of hydrogen-bond acceptors (Lipinski definition) is 4. The molecular formula is C19H19N3O2. The maximum atomic E-state index is 12.2. The van der Waals surface area contributed by atoms with Crippen LogP contribution in [0.2, 0.25) is 0 Å². The molecule has 0 radical (unpaired) electrons. The van der Waals surface area contributed by atoms with E-state index in [0.717, 1.165) is 27.7 Å². The molecule has 0 aliphatic heterocycles. The number of anilines is 1. The number of hydrogen-bond donors (Lipinski definition) is 1. The molecule has 0 aliphatic carbocycles. The number of aromatic nitrogens is 2. The number of rotatable bonds is 4. The van der Waals surface area contributed by atoms with Gasteiger partial charge in [0.2, 0.25) is 5.88 Å². The average Bonchev–Trinajstić information content (AvgIpc) is 2.56. The van der Waals surface area contributed by atoms with Crippen LogP contribution in [0, 0.1) is 20.8 Å². The lowest BCUT2D eigenvalue weighted by Gasteiger charge is -2.12. The molecule has 1 aromatic heterocycles. The summed E-state index contributed by atoms with van der Waals surface area (Å²) in [6.07, 6.45) is 0. The van der Waals surface area contributed by atoms with E-state index in [0.29, 0.717) is 11.7 Å². The number of carbonyl (C=O) groups is 1. The molecule has 0 saturated heterocycles. The third-order valence-electron chi connectivity index (χ3n) is 3.77. The van der Waals surface area contributed by atoms with Gasteiger partial charge in [0.1, 0.15) is 5.82 Å². The standard InChI is InChI=1S/C19H19N3O2/c1-12-7-6-8-13(2)18(12)22-17(23)11-24-19-15-9-4-5-10-16(15)20-14(3)21-19/h4-10H,11H2,1-3H3,(H,22,23). The number of carbonyl (C=O) groups excluding carboxylic acids is 1. The van der Waals surface area contributed by atoms with Gasteiger partial charge in [0.05, 0.1) is 10.9 Å². The topological polar surface area (TPSA) is 64.1 Å². The number of benzene rings is 2. The second-order valence-electron chi connectivity index (χ2n) is 5.70. The highest BCUT2D eigenvalue weighted by molar-refractivity contribution is 5.93. The van der Waals surface area contributed by atoms with Gasteiger partial charge in [-0.05, 0) is 44.0 Å². The van der Waals surface area contributed by atoms with Crippen molar-refractivity contribution >= 4 is 22.5 Å². The molecule has 2 aromatic carbocycles. The molecular weight excluding hydrogens is 302 g/mol. The van der Waals surface area contributed by atoms with Crippen molar-refractivity contribution in [3.63, 3.8) is 0 Å². The number of aryl methyl sites for hydroxylation is 3. The van der Waals surface area contributed by atoms with Crippen LogP contribution < -0.4 is 10.1 Å². The first kappa shape index (κ1) is 15.9. The molecule has 0 fully saturated rings. The lowest BCUT2D eigenvalue weighted by atomic mass is 10.1. The predicted molar refractivity (Wildman–Crippen MR) is 94.3 cm³/mol. The van der Waals surface area contributed by atoms with Crippen LogP contribution in [0.5, 0.6) is 5.88 Å². The summed E-state index contributed by atoms with van der Waals surface area (Å²) in [5, 5.41) is 3.70. The number of amides is 1. The highest BCUT2D eigenvalue weighted by atomic mass is 16.5. The molecule has 0 saturated carbocycles. The molecule has 122 valence electrons. The molecule has 0 bridgehead atoms. The van der Waals surface area contributed by atoms with Gasteiger partial charge in [-0.2, -0.15) is 4.98 Å². The molecule has 3 aromatic rings. The molecule has 5 nitrogen and oxygen atoms in total. The number of para-hydroxylation sites is 2. The number of fused-ring (bicyclic) bond motifs is 1. The molecule has 1 amide bonds. The van der Waals surface area contributed by atoms with Crippen molar-refractivity contribution < 1.29 is 9.53 Å². The zero-order chi connectivity index (χ0) is 17.1. The van der Waals surface area contributed by atoms with Gasteiger partial charge in [0.25, 0.3) is 5.91 Å². The smallest absolute Gasteiger partial charge is 0.262 e. The largest absolute Gasteiger partial charge is 0.467 e. The zero-order valence-electron chi connectivity index (χ0n) is 14.0. The predicted octanol–water partition coefficient (Wildman–Crippen LogP) is 3.57. The molecule has 0 unspecified atom stereocenters. The molecule has 0 aliphatic rings. The second-order valence-corrected chi connectivity index (χ2v) is 5.70. The van der Waals surface area contributed by atoms with E-state index in [9.17, 15) is 4.79 Å². The van der Waals surface area contributed by atoms with Gasteiger partial charge in [-0.25, -0.2) is 4.98 Å². The van der Waals surface area contributed by atoms with Crippen molar-refractivity contribution in [3.05, 3.63) is 59.4 Å². The summed E-state index contributed by atoms with van der Waals surface area (Å²) in [7, 11) is 0. The van der Waals surface area contributed by atoms with E-state index in [1.54, 1.807) is 6.92 Å². The average molecular weight is 321 g/mol. The van der Waals surface area contributed by atoms with Gasteiger partial charge in [-0.15, -0.1) is 0 Å². The van der Waals surface area contributed by atoms with Crippen molar-refractivity contribution in [2.45, 2.75) is 20.8 Å². The number of nitrogens with one attached hydrogen (secondary N) is 1. The summed E-state index contributed by atoms with van der Waals surface area (Å²) in [5.41, 5.74) is 3.67. The number of ether oxygens (including phenoxy) is 1. The Morgan fingerprint density at radius 1 is 1.00 bits per heavy atom. The van der Waals surface area contributed by atoms with E-state index >= 15 is 0 Å². The van der Waals surface area contributed by atoms with Crippen LogP contribution in [-0.4, -0.2) is 22.5 Å². The minimum Gasteiger partial charge on any atom is -0.467 e. The fourth-order valence-corrected chi connectivity index (χ4v) is 2.59. The third kappa shape index (κ3) is 3.35. The first-order chi connectivity index (χ1) is 11.5. The minimum atomic E-state index is -0.215. The minimum absolute atomic E-state index is 0.103. The van der Waals surface area contributed by atoms with Crippen molar-refractivity contribution in [1.82, 2.24) is 9.97 Å². The first-order valence-corrected chi connectivity index (χ1v) is 7.77. The maximum Gasteiger partial charge on any atom is 0.262 e. The van der Waals surface area contributed by atoms with Gasteiger partial charge < -0.3 is 10.1 Å². The Morgan fingerprint density at radius 3 is 2.46 bits per heavy atom. The van der Waals surface area contributed by atoms with Crippen LogP contribution in [0.3, 0.4) is 0 Å². The third-order valence-corrected chi connectivity index (χ3v) is 3.77. The van der Waals surface area contributed by atoms with Crippen molar-refractivity contribution in [2.24, 2.45) is 0 Å². The fraction of sp³-hybridized carbons (Fsp3) is 0.211. The monoisotopic (exact) mass is 321 g/mol. The highest BCUT2D eigenvalue weighted by Crippen LogP contribution is 2.22. The Bertz CT molecular complexity index is 886. The Labute approximate surface area is 140 Å². The SMILES string of the molecule is Cc1nc(OCC(=O)Nc2c(C)cccc2C)c2ccccc2n1. The van der Waals surface area contributed by atoms with Crippen LogP contribution in [0.4, 0.5) is 5.69 Å². The summed E-state index contributed by atoms with van der Waals surface area (Å²) < 4.78 is 5.65. The Kier molecular flexibility index (Phi) is 4.42. The van der Waals surface area contributed by atoms with Gasteiger partial charge in [0, 0.05) is 5.69 Å². The summed E-state index contributed by atoms with van der Waals surface area (Å²) >= 11 is 0. The Morgan fingerprint density at radius 2 is 1.71 bits per heavy atom. The molecule has 3 rings (SSSR count). The first-order valence-electron chi connectivity index (χ1n) is 7.77. The maximum absolute atomic E-state index is 12.2. The van der Waals surface area contributed by atoms with Gasteiger partial charge >= 0.3 is 0 Å². The van der Waals surface area contributed by atoms with Gasteiger partial charge in [0.15, 0.2) is 6.61 Å². The normalized spacial score (nSPS) is 10.6.